The third-order valence-electron chi connectivity index (χ3n) is 5.71. The fourth-order valence-electron chi connectivity index (χ4n) is 2.78. The molecule has 1 fully saturated rings. The molecule has 2 nitrogen and oxygen atoms in total. The van der Waals surface area contributed by atoms with Crippen LogP contribution >= 0.6 is 0 Å². The van der Waals surface area contributed by atoms with Crippen molar-refractivity contribution in [1.82, 2.24) is 0 Å². The second-order valence-corrected chi connectivity index (χ2v) is 12.9. The molecule has 0 saturated carbocycles. The molecule has 1 unspecified atom stereocenters. The van der Waals surface area contributed by atoms with E-state index in [-0.39, 0.29) is 18.3 Å². The van der Waals surface area contributed by atoms with E-state index < -0.39 is 8.07 Å². The van der Waals surface area contributed by atoms with Gasteiger partial charge in [-0.05, 0) is 38.7 Å². The number of hydrogen-bond acceptors (Lipinski definition) is 2. The largest absolute Gasteiger partial charge is 0.489 e. The van der Waals surface area contributed by atoms with Crippen LogP contribution in [0.1, 0.15) is 34.6 Å². The van der Waals surface area contributed by atoms with E-state index >= 15 is 0 Å². The van der Waals surface area contributed by atoms with Crippen molar-refractivity contribution in [3.63, 3.8) is 0 Å². The standard InChI is InChI=1S/C18H29BO2Si/c1-14(19-20-17(3,4)18(5,6)21-19)15(2)22(7,8)16-12-10-9-11-13-16/h9-13,15H,1H2,2-8H3. The van der Waals surface area contributed by atoms with Crippen LogP contribution in [0.2, 0.25) is 18.6 Å². The molecule has 1 aromatic rings. The Morgan fingerprint density at radius 1 is 1.05 bits per heavy atom. The van der Waals surface area contributed by atoms with Crippen LogP contribution in [0.15, 0.2) is 42.4 Å². The number of allylic oxidation sites excluding steroid dienone is 1. The molecule has 1 aliphatic rings. The number of benzene rings is 1. The van der Waals surface area contributed by atoms with Crippen LogP contribution in [-0.2, 0) is 9.31 Å². The van der Waals surface area contributed by atoms with Crippen LogP contribution in [-0.4, -0.2) is 26.4 Å². The van der Waals surface area contributed by atoms with Gasteiger partial charge < -0.3 is 9.31 Å². The lowest BCUT2D eigenvalue weighted by molar-refractivity contribution is 0.00578. The molecule has 22 heavy (non-hydrogen) atoms. The molecule has 2 rings (SSSR count). The van der Waals surface area contributed by atoms with E-state index in [1.165, 1.54) is 5.19 Å². The second-order valence-electron chi connectivity index (χ2n) is 7.97. The van der Waals surface area contributed by atoms with Gasteiger partial charge in [0.05, 0.1) is 19.3 Å². The molecule has 0 N–H and O–H groups in total. The Bertz CT molecular complexity index is 535. The molecule has 0 radical (unpaired) electrons. The summed E-state index contributed by atoms with van der Waals surface area (Å²) in [4.78, 5) is 0. The molecule has 1 aromatic carbocycles. The van der Waals surface area contributed by atoms with Gasteiger partial charge in [0.15, 0.2) is 0 Å². The van der Waals surface area contributed by atoms with E-state index in [2.05, 4.69) is 84.6 Å². The molecular formula is C18H29BO2Si. The molecule has 1 heterocycles. The number of hydrogen-bond donors (Lipinski definition) is 0. The maximum atomic E-state index is 6.18. The van der Waals surface area contributed by atoms with Gasteiger partial charge in [0.1, 0.15) is 0 Å². The summed E-state index contributed by atoms with van der Waals surface area (Å²) in [5.74, 6) is 0. The minimum atomic E-state index is -1.67. The predicted molar refractivity (Wildman–Crippen MR) is 98.2 cm³/mol. The normalized spacial score (nSPS) is 21.7. The Hall–Kier alpha value is -0.838. The summed E-state index contributed by atoms with van der Waals surface area (Å²) in [6, 6.07) is 10.8. The van der Waals surface area contributed by atoms with E-state index in [0.29, 0.717) is 5.54 Å². The summed E-state index contributed by atoms with van der Waals surface area (Å²) in [6.07, 6.45) is 0. The Morgan fingerprint density at radius 2 is 1.50 bits per heavy atom. The van der Waals surface area contributed by atoms with Gasteiger partial charge in [-0.3, -0.25) is 0 Å². The Kier molecular flexibility index (Phi) is 4.51. The van der Waals surface area contributed by atoms with Gasteiger partial charge in [0, 0.05) is 0 Å². The minimum Gasteiger partial charge on any atom is -0.400 e. The topological polar surface area (TPSA) is 18.5 Å². The predicted octanol–water partition coefficient (Wildman–Crippen LogP) is 4.18. The van der Waals surface area contributed by atoms with Gasteiger partial charge >= 0.3 is 7.12 Å². The molecule has 0 bridgehead atoms. The fourth-order valence-corrected chi connectivity index (χ4v) is 5.39. The zero-order valence-electron chi connectivity index (χ0n) is 15.1. The lowest BCUT2D eigenvalue weighted by atomic mass is 9.77. The van der Waals surface area contributed by atoms with Gasteiger partial charge in [-0.15, -0.1) is 6.58 Å². The van der Waals surface area contributed by atoms with Crippen molar-refractivity contribution < 1.29 is 9.31 Å². The molecule has 4 heteroatoms. The molecule has 0 amide bonds. The highest BCUT2D eigenvalue weighted by Gasteiger charge is 2.53. The summed E-state index contributed by atoms with van der Waals surface area (Å²) < 4.78 is 12.4. The highest BCUT2D eigenvalue weighted by Crippen LogP contribution is 2.41. The lowest BCUT2D eigenvalue weighted by Gasteiger charge is -2.32. The first-order chi connectivity index (χ1) is 9.99. The van der Waals surface area contributed by atoms with Crippen LogP contribution in [0.25, 0.3) is 0 Å². The summed E-state index contributed by atoms with van der Waals surface area (Å²) in [5.41, 5.74) is 0.834. The monoisotopic (exact) mass is 316 g/mol. The third kappa shape index (κ3) is 2.97. The first-order valence-electron chi connectivity index (χ1n) is 8.09. The van der Waals surface area contributed by atoms with E-state index in [4.69, 9.17) is 9.31 Å². The molecule has 1 saturated heterocycles. The summed E-state index contributed by atoms with van der Waals surface area (Å²) in [6.45, 7) is 19.8. The van der Waals surface area contributed by atoms with Crippen LogP contribution in [0, 0.1) is 0 Å². The van der Waals surface area contributed by atoms with Crippen LogP contribution in [0.3, 0.4) is 0 Å². The Morgan fingerprint density at radius 3 is 1.95 bits per heavy atom. The van der Waals surface area contributed by atoms with Gasteiger partial charge in [0.2, 0.25) is 0 Å². The molecule has 120 valence electrons. The van der Waals surface area contributed by atoms with Crippen molar-refractivity contribution in [3.8, 4) is 0 Å². The average molecular weight is 316 g/mol. The first-order valence-corrected chi connectivity index (χ1v) is 11.2. The molecule has 0 aromatic heterocycles. The van der Waals surface area contributed by atoms with Crippen LogP contribution < -0.4 is 5.19 Å². The zero-order valence-corrected chi connectivity index (χ0v) is 16.1. The Labute approximate surface area is 137 Å². The van der Waals surface area contributed by atoms with Gasteiger partial charge in [-0.1, -0.05) is 55.5 Å². The SMILES string of the molecule is C=C(B1OC(C)(C)C(C)(C)O1)C(C)[Si](C)(C)c1ccccc1. The van der Waals surface area contributed by atoms with E-state index in [0.717, 1.165) is 5.47 Å². The van der Waals surface area contributed by atoms with Crippen molar-refractivity contribution in [1.29, 1.82) is 0 Å². The van der Waals surface area contributed by atoms with E-state index in [9.17, 15) is 0 Å². The molecule has 0 aliphatic carbocycles. The first kappa shape index (κ1) is 17.5. The maximum absolute atomic E-state index is 6.18. The lowest BCUT2D eigenvalue weighted by Crippen LogP contribution is -2.47. The van der Waals surface area contributed by atoms with Crippen LogP contribution in [0.4, 0.5) is 0 Å². The highest BCUT2D eigenvalue weighted by atomic mass is 28.3. The maximum Gasteiger partial charge on any atom is 0.489 e. The van der Waals surface area contributed by atoms with Gasteiger partial charge in [-0.25, -0.2) is 0 Å². The second kappa shape index (κ2) is 5.66. The summed E-state index contributed by atoms with van der Waals surface area (Å²) in [5, 5.41) is 1.44. The Balaban J connectivity index is 2.20. The fraction of sp³-hybridized carbons (Fsp3) is 0.556. The van der Waals surface area contributed by atoms with Crippen LogP contribution in [0.5, 0.6) is 0 Å². The smallest absolute Gasteiger partial charge is 0.400 e. The van der Waals surface area contributed by atoms with Crippen molar-refractivity contribution in [3.05, 3.63) is 42.4 Å². The van der Waals surface area contributed by atoms with E-state index in [1.54, 1.807) is 0 Å². The minimum absolute atomic E-state index is 0.307. The van der Waals surface area contributed by atoms with E-state index in [1.807, 2.05) is 0 Å². The zero-order chi connectivity index (χ0) is 16.8. The average Bonchev–Trinajstić information content (AvgIpc) is 2.66. The molecular weight excluding hydrogens is 287 g/mol. The quantitative estimate of drug-likeness (QED) is 0.776. The van der Waals surface area contributed by atoms with Crippen molar-refractivity contribution in [2.75, 3.05) is 0 Å². The summed E-state index contributed by atoms with van der Waals surface area (Å²) in [7, 11) is -1.98. The third-order valence-corrected chi connectivity index (χ3v) is 10.1. The number of rotatable bonds is 4. The van der Waals surface area contributed by atoms with Crippen molar-refractivity contribution >= 4 is 20.4 Å². The van der Waals surface area contributed by atoms with Gasteiger partial charge in [0.25, 0.3) is 0 Å². The summed E-state index contributed by atoms with van der Waals surface area (Å²) >= 11 is 0. The molecule has 0 spiro atoms. The highest BCUT2D eigenvalue weighted by molar-refractivity contribution is 6.92. The molecule has 1 atom stereocenters. The van der Waals surface area contributed by atoms with Crippen molar-refractivity contribution in [2.24, 2.45) is 0 Å². The van der Waals surface area contributed by atoms with Gasteiger partial charge in [-0.2, -0.15) is 0 Å². The van der Waals surface area contributed by atoms with Crippen molar-refractivity contribution in [2.45, 2.75) is 64.5 Å². The molecule has 1 aliphatic heterocycles.